The monoisotopic (exact) mass is 457 g/mol. The maximum atomic E-state index is 13.2. The fraction of sp³-hybridized carbons (Fsp3) is 0.259. The van der Waals surface area contributed by atoms with Gasteiger partial charge in [-0.3, -0.25) is 14.3 Å². The molecule has 0 N–H and O–H groups in total. The van der Waals surface area contributed by atoms with Gasteiger partial charge in [0.25, 0.3) is 5.56 Å². The Morgan fingerprint density at radius 1 is 0.941 bits per heavy atom. The summed E-state index contributed by atoms with van der Waals surface area (Å²) in [5.74, 6) is 1.22. The first-order valence-corrected chi connectivity index (χ1v) is 11.4. The molecule has 0 unspecified atom stereocenters. The largest absolute Gasteiger partial charge is 0.493 e. The van der Waals surface area contributed by atoms with Gasteiger partial charge < -0.3 is 14.2 Å². The van der Waals surface area contributed by atoms with Crippen LogP contribution in [0.3, 0.4) is 0 Å². The van der Waals surface area contributed by atoms with Crippen molar-refractivity contribution in [1.82, 2.24) is 14.5 Å². The highest BCUT2D eigenvalue weighted by molar-refractivity contribution is 5.83. The third-order valence-electron chi connectivity index (χ3n) is 6.06. The summed E-state index contributed by atoms with van der Waals surface area (Å²) in [4.78, 5) is 20.1. The van der Waals surface area contributed by atoms with E-state index in [4.69, 9.17) is 14.2 Å². The van der Waals surface area contributed by atoms with Crippen molar-refractivity contribution < 1.29 is 14.2 Å². The molecule has 1 aliphatic rings. The molecule has 0 aliphatic carbocycles. The molecule has 1 aliphatic heterocycles. The minimum atomic E-state index is -0.132. The number of hydrogen-bond donors (Lipinski definition) is 0. The Balaban J connectivity index is 1.38. The normalized spacial score (nSPS) is 14.3. The smallest absolute Gasteiger partial charge is 0.265 e. The van der Waals surface area contributed by atoms with Crippen LogP contribution in [0.15, 0.2) is 77.9 Å². The quantitative estimate of drug-likeness (QED) is 0.421. The van der Waals surface area contributed by atoms with Gasteiger partial charge in [0.1, 0.15) is 12.9 Å². The molecule has 5 rings (SSSR count). The predicted octanol–water partition coefficient (Wildman–Crippen LogP) is 3.77. The van der Waals surface area contributed by atoms with Crippen LogP contribution in [0.5, 0.6) is 11.5 Å². The van der Waals surface area contributed by atoms with Gasteiger partial charge >= 0.3 is 0 Å². The van der Waals surface area contributed by atoms with Crippen LogP contribution in [0.2, 0.25) is 0 Å². The average Bonchev–Trinajstić information content (AvgIpc) is 2.90. The molecular formula is C27H27N3O4. The van der Waals surface area contributed by atoms with E-state index >= 15 is 0 Å². The molecule has 0 atom stereocenters. The maximum Gasteiger partial charge on any atom is 0.265 e. The minimum absolute atomic E-state index is 0.132. The van der Waals surface area contributed by atoms with Gasteiger partial charge in [-0.25, -0.2) is 4.98 Å². The van der Waals surface area contributed by atoms with E-state index in [1.807, 2.05) is 60.7 Å². The van der Waals surface area contributed by atoms with E-state index < -0.39 is 0 Å². The highest BCUT2D eigenvalue weighted by atomic mass is 16.5. The summed E-state index contributed by atoms with van der Waals surface area (Å²) in [6, 6.07) is 21.3. The first kappa shape index (κ1) is 22.1. The Bertz CT molecular complexity index is 1330. The third kappa shape index (κ3) is 4.66. The predicted molar refractivity (Wildman–Crippen MR) is 132 cm³/mol. The topological polar surface area (TPSA) is 65.8 Å². The summed E-state index contributed by atoms with van der Waals surface area (Å²) >= 11 is 0. The van der Waals surface area contributed by atoms with E-state index in [-0.39, 0.29) is 5.56 Å². The number of benzene rings is 3. The summed E-state index contributed by atoms with van der Waals surface area (Å²) in [7, 11) is 1.60. The lowest BCUT2D eigenvalue weighted by Crippen LogP contribution is -2.38. The average molecular weight is 458 g/mol. The van der Waals surface area contributed by atoms with Crippen molar-refractivity contribution in [2.75, 3.05) is 46.6 Å². The number of nitrogens with zero attached hydrogens (tertiary/aromatic N) is 3. The minimum Gasteiger partial charge on any atom is -0.493 e. The van der Waals surface area contributed by atoms with Crippen molar-refractivity contribution in [3.8, 4) is 28.3 Å². The van der Waals surface area contributed by atoms with E-state index in [1.54, 1.807) is 19.5 Å². The van der Waals surface area contributed by atoms with Crippen LogP contribution in [0.25, 0.3) is 27.7 Å². The van der Waals surface area contributed by atoms with Gasteiger partial charge in [0.2, 0.25) is 0 Å². The number of ether oxygens (including phenoxy) is 3. The fourth-order valence-corrected chi connectivity index (χ4v) is 4.15. The van der Waals surface area contributed by atoms with Crippen molar-refractivity contribution in [2.45, 2.75) is 0 Å². The zero-order valence-electron chi connectivity index (χ0n) is 19.1. The first-order valence-electron chi connectivity index (χ1n) is 11.4. The third-order valence-corrected chi connectivity index (χ3v) is 6.06. The Hall–Kier alpha value is -3.68. The molecule has 0 bridgehead atoms. The number of aromatic nitrogens is 2. The number of fused-ring (bicyclic) bond motifs is 1. The molecule has 3 aromatic carbocycles. The second-order valence-electron chi connectivity index (χ2n) is 8.16. The van der Waals surface area contributed by atoms with E-state index in [0.29, 0.717) is 34.7 Å². The van der Waals surface area contributed by atoms with Crippen molar-refractivity contribution in [3.05, 3.63) is 83.4 Å². The van der Waals surface area contributed by atoms with Gasteiger partial charge in [0.15, 0.2) is 11.5 Å². The lowest BCUT2D eigenvalue weighted by atomic mass is 10.0. The summed E-state index contributed by atoms with van der Waals surface area (Å²) in [6.07, 6.45) is 1.56. The van der Waals surface area contributed by atoms with Gasteiger partial charge in [-0.2, -0.15) is 0 Å². The molecule has 0 amide bonds. The Morgan fingerprint density at radius 2 is 1.76 bits per heavy atom. The van der Waals surface area contributed by atoms with E-state index in [2.05, 4.69) is 9.88 Å². The van der Waals surface area contributed by atoms with Gasteiger partial charge in [0.05, 0.1) is 36.9 Å². The second kappa shape index (κ2) is 10.1. The molecule has 0 spiro atoms. The molecule has 7 nitrogen and oxygen atoms in total. The number of hydrogen-bond acceptors (Lipinski definition) is 6. The van der Waals surface area contributed by atoms with Crippen LogP contribution in [0.1, 0.15) is 0 Å². The van der Waals surface area contributed by atoms with Crippen LogP contribution >= 0.6 is 0 Å². The molecule has 7 heteroatoms. The summed E-state index contributed by atoms with van der Waals surface area (Å²) in [5, 5.41) is 0.562. The van der Waals surface area contributed by atoms with Crippen LogP contribution in [-0.4, -0.2) is 61.0 Å². The number of morpholine rings is 1. The summed E-state index contributed by atoms with van der Waals surface area (Å²) < 4.78 is 18.4. The summed E-state index contributed by atoms with van der Waals surface area (Å²) in [5.41, 5.74) is 3.32. The molecule has 1 fully saturated rings. The van der Waals surface area contributed by atoms with Crippen molar-refractivity contribution in [3.63, 3.8) is 0 Å². The Kier molecular flexibility index (Phi) is 6.56. The van der Waals surface area contributed by atoms with Crippen molar-refractivity contribution >= 4 is 10.9 Å². The zero-order chi connectivity index (χ0) is 23.3. The second-order valence-corrected chi connectivity index (χ2v) is 8.16. The molecular weight excluding hydrogens is 430 g/mol. The molecule has 34 heavy (non-hydrogen) atoms. The lowest BCUT2D eigenvalue weighted by Gasteiger charge is -2.26. The van der Waals surface area contributed by atoms with E-state index in [9.17, 15) is 4.79 Å². The Labute approximate surface area is 198 Å². The molecule has 1 aromatic heterocycles. The molecule has 0 saturated carbocycles. The molecule has 174 valence electrons. The zero-order valence-corrected chi connectivity index (χ0v) is 19.1. The SMILES string of the molecule is COc1cc(-n2cnc3cc(-c4ccccc4)ccc3c2=O)ccc1OCCN1CCOCC1. The standard InChI is InChI=1S/C27H27N3O4/c1-32-26-18-22(8-10-25(26)34-16-13-29-11-14-33-15-12-29)30-19-28-24-17-21(7-9-23(24)27(30)31)20-5-3-2-4-6-20/h2-10,17-19H,11-16H2,1H3. The van der Waals surface area contributed by atoms with Gasteiger partial charge in [-0.15, -0.1) is 0 Å². The van der Waals surface area contributed by atoms with Gasteiger partial charge in [0, 0.05) is 25.7 Å². The Morgan fingerprint density at radius 3 is 2.56 bits per heavy atom. The highest BCUT2D eigenvalue weighted by Crippen LogP contribution is 2.29. The van der Waals surface area contributed by atoms with Gasteiger partial charge in [-0.05, 0) is 35.4 Å². The van der Waals surface area contributed by atoms with Crippen LogP contribution in [0.4, 0.5) is 0 Å². The highest BCUT2D eigenvalue weighted by Gasteiger charge is 2.13. The molecule has 1 saturated heterocycles. The fourth-order valence-electron chi connectivity index (χ4n) is 4.15. The lowest BCUT2D eigenvalue weighted by molar-refractivity contribution is 0.0321. The van der Waals surface area contributed by atoms with Crippen LogP contribution in [-0.2, 0) is 4.74 Å². The maximum absolute atomic E-state index is 13.2. The molecule has 0 radical (unpaired) electrons. The van der Waals surface area contributed by atoms with Gasteiger partial charge in [-0.1, -0.05) is 36.4 Å². The number of methoxy groups -OCH3 is 1. The van der Waals surface area contributed by atoms with Crippen molar-refractivity contribution in [2.24, 2.45) is 0 Å². The molecule has 4 aromatic rings. The van der Waals surface area contributed by atoms with Crippen LogP contribution in [0, 0.1) is 0 Å². The van der Waals surface area contributed by atoms with E-state index in [1.165, 1.54) is 4.57 Å². The first-order chi connectivity index (χ1) is 16.7. The van der Waals surface area contributed by atoms with E-state index in [0.717, 1.165) is 44.0 Å². The summed E-state index contributed by atoms with van der Waals surface area (Å²) in [6.45, 7) is 4.75. The molecule has 2 heterocycles. The van der Waals surface area contributed by atoms with Crippen molar-refractivity contribution in [1.29, 1.82) is 0 Å². The number of rotatable bonds is 7. The van der Waals surface area contributed by atoms with Crippen LogP contribution < -0.4 is 15.0 Å².